The molecule has 0 radical (unpaired) electrons. The Kier molecular flexibility index (Phi) is 5.99. The minimum Gasteiger partial charge on any atom is -0.365 e. The van der Waals surface area contributed by atoms with E-state index in [4.69, 9.17) is 28.9 Å². The highest BCUT2D eigenvalue weighted by Gasteiger charge is 2.40. The number of primary amides is 1. The summed E-state index contributed by atoms with van der Waals surface area (Å²) in [5, 5.41) is 9.94. The highest BCUT2D eigenvalue weighted by atomic mass is 35.5. The first-order valence-corrected chi connectivity index (χ1v) is 9.90. The molecule has 1 aliphatic heterocycles. The van der Waals surface area contributed by atoms with E-state index >= 15 is 0 Å². The molecule has 2 N–H and O–H groups in total. The Bertz CT molecular complexity index is 1030. The van der Waals surface area contributed by atoms with Crippen LogP contribution < -0.4 is 10.6 Å². The molecule has 28 heavy (non-hydrogen) atoms. The molecule has 0 bridgehead atoms. The molecule has 142 valence electrons. The number of nitriles is 1. The van der Waals surface area contributed by atoms with Crippen molar-refractivity contribution in [1.29, 1.82) is 5.26 Å². The van der Waals surface area contributed by atoms with Gasteiger partial charge in [-0.25, -0.2) is 0 Å². The van der Waals surface area contributed by atoms with Crippen molar-refractivity contribution in [2.24, 2.45) is 5.73 Å². The van der Waals surface area contributed by atoms with Gasteiger partial charge in [-0.3, -0.25) is 14.5 Å². The van der Waals surface area contributed by atoms with Gasteiger partial charge in [0, 0.05) is 5.69 Å². The Balaban J connectivity index is 2.02. The second-order valence-corrected chi connectivity index (χ2v) is 8.23. The van der Waals surface area contributed by atoms with Crippen LogP contribution in [-0.2, 0) is 16.0 Å². The van der Waals surface area contributed by atoms with Crippen LogP contribution in [0.25, 0.3) is 0 Å². The molecule has 0 unspecified atom stereocenters. The summed E-state index contributed by atoms with van der Waals surface area (Å²) in [6.45, 7) is 1.93. The van der Waals surface area contributed by atoms with Gasteiger partial charge in [0.1, 0.15) is 16.7 Å². The van der Waals surface area contributed by atoms with Gasteiger partial charge in [-0.05, 0) is 43.2 Å². The minimum absolute atomic E-state index is 0.232. The number of amides is 2. The Morgan fingerprint density at radius 1 is 1.21 bits per heavy atom. The van der Waals surface area contributed by atoms with E-state index in [2.05, 4.69) is 0 Å². The van der Waals surface area contributed by atoms with Gasteiger partial charge in [0.25, 0.3) is 5.91 Å². The Morgan fingerprint density at radius 3 is 2.46 bits per heavy atom. The van der Waals surface area contributed by atoms with Gasteiger partial charge in [0.2, 0.25) is 5.91 Å². The number of halogens is 2. The first-order valence-electron chi connectivity index (χ1n) is 8.27. The van der Waals surface area contributed by atoms with Gasteiger partial charge in [0.05, 0.1) is 15.3 Å². The SMILES string of the molecule is Cc1ccc(N2C(=O)[C@H](Cc3ccc(Cl)c(Cl)c3)S/C2=C(\C#N)C(N)=O)cc1. The number of benzene rings is 2. The van der Waals surface area contributed by atoms with Crippen LogP contribution in [0.5, 0.6) is 0 Å². The molecule has 1 aliphatic rings. The maximum Gasteiger partial charge on any atom is 0.262 e. The third-order valence-corrected chi connectivity index (χ3v) is 6.22. The monoisotopic (exact) mass is 431 g/mol. The van der Waals surface area contributed by atoms with Crippen LogP contribution in [0.4, 0.5) is 5.69 Å². The van der Waals surface area contributed by atoms with Crippen molar-refractivity contribution in [3.63, 3.8) is 0 Å². The lowest BCUT2D eigenvalue weighted by molar-refractivity contribution is -0.117. The number of carbonyl (C=O) groups excluding carboxylic acids is 2. The van der Waals surface area contributed by atoms with E-state index in [9.17, 15) is 14.9 Å². The number of anilines is 1. The quantitative estimate of drug-likeness (QED) is 0.579. The van der Waals surface area contributed by atoms with Crippen molar-refractivity contribution in [2.75, 3.05) is 4.90 Å². The Morgan fingerprint density at radius 2 is 1.89 bits per heavy atom. The van der Waals surface area contributed by atoms with Crippen LogP contribution in [0.1, 0.15) is 11.1 Å². The summed E-state index contributed by atoms with van der Waals surface area (Å²) in [7, 11) is 0. The summed E-state index contributed by atoms with van der Waals surface area (Å²) in [6, 6.07) is 14.2. The van der Waals surface area contributed by atoms with Crippen molar-refractivity contribution in [1.82, 2.24) is 0 Å². The lowest BCUT2D eigenvalue weighted by Crippen LogP contribution is -2.31. The largest absolute Gasteiger partial charge is 0.365 e. The van der Waals surface area contributed by atoms with Crippen LogP contribution >= 0.6 is 35.0 Å². The molecule has 2 aromatic rings. The molecule has 5 nitrogen and oxygen atoms in total. The Hall–Kier alpha value is -2.46. The van der Waals surface area contributed by atoms with Crippen LogP contribution in [-0.4, -0.2) is 17.1 Å². The molecule has 8 heteroatoms. The number of rotatable bonds is 4. The van der Waals surface area contributed by atoms with Crippen molar-refractivity contribution in [3.8, 4) is 6.07 Å². The molecule has 1 atom stereocenters. The predicted molar refractivity (Wildman–Crippen MR) is 112 cm³/mol. The van der Waals surface area contributed by atoms with E-state index in [0.29, 0.717) is 22.2 Å². The lowest BCUT2D eigenvalue weighted by atomic mass is 10.1. The van der Waals surface area contributed by atoms with Crippen LogP contribution in [0, 0.1) is 18.3 Å². The lowest BCUT2D eigenvalue weighted by Gasteiger charge is -2.18. The average Bonchev–Trinajstić information content (AvgIpc) is 2.95. The second kappa shape index (κ2) is 8.27. The van der Waals surface area contributed by atoms with E-state index in [1.54, 1.807) is 30.3 Å². The summed E-state index contributed by atoms with van der Waals surface area (Å²) >= 11 is 13.2. The van der Waals surface area contributed by atoms with Gasteiger partial charge >= 0.3 is 0 Å². The molecule has 2 aromatic carbocycles. The zero-order valence-corrected chi connectivity index (χ0v) is 17.1. The van der Waals surface area contributed by atoms with Crippen molar-refractivity contribution >= 4 is 52.5 Å². The number of nitrogens with zero attached hydrogens (tertiary/aromatic N) is 2. The molecule has 0 saturated carbocycles. The zero-order chi connectivity index (χ0) is 20.4. The summed E-state index contributed by atoms with van der Waals surface area (Å²) in [5.74, 6) is -1.10. The number of aryl methyl sites for hydroxylation is 1. The first kappa shape index (κ1) is 20.3. The van der Waals surface area contributed by atoms with E-state index in [1.165, 1.54) is 4.90 Å². The maximum absolute atomic E-state index is 13.2. The van der Waals surface area contributed by atoms with Crippen molar-refractivity contribution < 1.29 is 9.59 Å². The minimum atomic E-state index is -0.870. The average molecular weight is 432 g/mol. The van der Waals surface area contributed by atoms with Gasteiger partial charge in [-0.15, -0.1) is 0 Å². The topological polar surface area (TPSA) is 87.2 Å². The molecular weight excluding hydrogens is 417 g/mol. The fourth-order valence-electron chi connectivity index (χ4n) is 2.81. The van der Waals surface area contributed by atoms with Crippen molar-refractivity contribution in [2.45, 2.75) is 18.6 Å². The van der Waals surface area contributed by atoms with E-state index in [-0.39, 0.29) is 16.5 Å². The van der Waals surface area contributed by atoms with E-state index < -0.39 is 11.2 Å². The van der Waals surface area contributed by atoms with Crippen LogP contribution in [0.15, 0.2) is 53.1 Å². The highest BCUT2D eigenvalue weighted by molar-refractivity contribution is 8.05. The number of nitrogens with two attached hydrogens (primary N) is 1. The molecule has 2 amide bonds. The molecule has 3 rings (SSSR count). The van der Waals surface area contributed by atoms with Gasteiger partial charge in [0.15, 0.2) is 0 Å². The van der Waals surface area contributed by atoms with Gasteiger partial charge in [-0.1, -0.05) is 58.7 Å². The second-order valence-electron chi connectivity index (χ2n) is 6.22. The fraction of sp³-hybridized carbons (Fsp3) is 0.150. The zero-order valence-electron chi connectivity index (χ0n) is 14.8. The summed E-state index contributed by atoms with van der Waals surface area (Å²) in [4.78, 5) is 26.3. The molecule has 1 fully saturated rings. The third-order valence-electron chi connectivity index (χ3n) is 4.22. The standard InChI is InChI=1S/C20H15Cl2N3O2S/c1-11-2-5-13(6-3-11)25-19(27)17(28-20(25)14(10-23)18(24)26)9-12-4-7-15(21)16(22)8-12/h2-8,17H,9H2,1H3,(H2,24,26)/b20-14+/t17-/m0/s1. The summed E-state index contributed by atoms with van der Waals surface area (Å²) < 4.78 is 0. The number of thioether (sulfide) groups is 1. The van der Waals surface area contributed by atoms with E-state index in [0.717, 1.165) is 22.9 Å². The molecule has 0 spiro atoms. The third kappa shape index (κ3) is 4.02. The van der Waals surface area contributed by atoms with Gasteiger partial charge in [-0.2, -0.15) is 5.26 Å². The number of carbonyl (C=O) groups is 2. The predicted octanol–water partition coefficient (Wildman–Crippen LogP) is 4.21. The fourth-order valence-corrected chi connectivity index (χ4v) is 4.45. The molecular formula is C20H15Cl2N3O2S. The molecule has 1 saturated heterocycles. The number of hydrogen-bond donors (Lipinski definition) is 1. The van der Waals surface area contributed by atoms with Crippen molar-refractivity contribution in [3.05, 3.63) is 74.2 Å². The molecule has 0 aromatic heterocycles. The highest BCUT2D eigenvalue weighted by Crippen LogP contribution is 2.42. The van der Waals surface area contributed by atoms with E-state index in [1.807, 2.05) is 25.1 Å². The smallest absolute Gasteiger partial charge is 0.262 e. The van der Waals surface area contributed by atoms with Crippen LogP contribution in [0.3, 0.4) is 0 Å². The van der Waals surface area contributed by atoms with Crippen LogP contribution in [0.2, 0.25) is 10.0 Å². The molecule has 0 aliphatic carbocycles. The summed E-state index contributed by atoms with van der Waals surface area (Å²) in [5.41, 5.74) is 7.55. The summed E-state index contributed by atoms with van der Waals surface area (Å²) in [6.07, 6.45) is 0.365. The number of hydrogen-bond acceptors (Lipinski definition) is 4. The normalized spacial score (nSPS) is 18.1. The maximum atomic E-state index is 13.2. The molecule has 1 heterocycles. The Labute approximate surface area is 176 Å². The first-order chi connectivity index (χ1) is 13.3. The van der Waals surface area contributed by atoms with Gasteiger partial charge < -0.3 is 5.73 Å².